The largest absolute Gasteiger partial charge is 0.330 e. The van der Waals surface area contributed by atoms with Gasteiger partial charge in [0, 0.05) is 17.6 Å². The van der Waals surface area contributed by atoms with Gasteiger partial charge in [0.25, 0.3) is 5.91 Å². The lowest BCUT2D eigenvalue weighted by atomic mass is 10.2. The number of hydrogen-bond donors (Lipinski definition) is 0. The average Bonchev–Trinajstić information content (AvgIpc) is 3.05. The van der Waals surface area contributed by atoms with Crippen molar-refractivity contribution in [2.45, 2.75) is 25.4 Å². The van der Waals surface area contributed by atoms with E-state index in [1.807, 2.05) is 52.3 Å². The van der Waals surface area contributed by atoms with Gasteiger partial charge >= 0.3 is 0 Å². The predicted octanol–water partition coefficient (Wildman–Crippen LogP) is 3.20. The highest BCUT2D eigenvalue weighted by Crippen LogP contribution is 2.30. The van der Waals surface area contributed by atoms with Crippen molar-refractivity contribution in [2.75, 3.05) is 0 Å². The number of carbonyl (C=O) groups excluding carboxylic acids is 1. The van der Waals surface area contributed by atoms with Crippen LogP contribution in [0.3, 0.4) is 0 Å². The molecule has 3 heterocycles. The number of fused-ring (bicyclic) bond motifs is 1. The number of hydrogen-bond acceptors (Lipinski definition) is 3. The molecule has 3 aromatic heterocycles. The molecule has 5 heteroatoms. The van der Waals surface area contributed by atoms with Crippen molar-refractivity contribution in [1.29, 1.82) is 0 Å². The third kappa shape index (κ3) is 2.34. The number of carbonyl (C=O) groups is 1. The number of thiophene rings is 1. The van der Waals surface area contributed by atoms with E-state index >= 15 is 0 Å². The van der Waals surface area contributed by atoms with Crippen LogP contribution in [0.2, 0.25) is 0 Å². The van der Waals surface area contributed by atoms with E-state index in [2.05, 4.69) is 9.38 Å². The molecule has 0 bridgehead atoms. The molecule has 0 saturated heterocycles. The Labute approximate surface area is 126 Å². The van der Waals surface area contributed by atoms with Gasteiger partial charge in [-0.1, -0.05) is 6.07 Å². The number of aromatic nitrogens is 2. The standard InChI is InChI=1S/C16H15N3OS/c20-16(12-6-8-21-11-12)19(13-4-5-13)10-14-9-17-15-3-1-2-7-18(14)15/h1-3,6-9,11,13H,4-5,10H2. The molecule has 1 fully saturated rings. The maximum Gasteiger partial charge on any atom is 0.255 e. The first-order valence-electron chi connectivity index (χ1n) is 7.07. The Morgan fingerprint density at radius 2 is 2.29 bits per heavy atom. The second kappa shape index (κ2) is 5.00. The molecule has 0 aromatic carbocycles. The van der Waals surface area contributed by atoms with E-state index in [4.69, 9.17) is 0 Å². The Morgan fingerprint density at radius 1 is 1.38 bits per heavy atom. The molecule has 21 heavy (non-hydrogen) atoms. The molecule has 3 aromatic rings. The van der Waals surface area contributed by atoms with Gasteiger partial charge in [-0.3, -0.25) is 4.79 Å². The molecule has 0 atom stereocenters. The van der Waals surface area contributed by atoms with E-state index < -0.39 is 0 Å². The Kier molecular flexibility index (Phi) is 3.00. The van der Waals surface area contributed by atoms with Crippen molar-refractivity contribution >= 4 is 22.9 Å². The normalized spacial score (nSPS) is 14.5. The fourth-order valence-electron chi connectivity index (χ4n) is 2.58. The molecule has 0 radical (unpaired) electrons. The molecule has 0 unspecified atom stereocenters. The van der Waals surface area contributed by atoms with Crippen molar-refractivity contribution in [3.8, 4) is 0 Å². The maximum absolute atomic E-state index is 12.7. The summed E-state index contributed by atoms with van der Waals surface area (Å²) in [4.78, 5) is 19.0. The van der Waals surface area contributed by atoms with Crippen molar-refractivity contribution in [1.82, 2.24) is 14.3 Å². The van der Waals surface area contributed by atoms with Gasteiger partial charge < -0.3 is 9.30 Å². The first-order valence-corrected chi connectivity index (χ1v) is 8.01. The van der Waals surface area contributed by atoms with E-state index in [1.165, 1.54) is 0 Å². The van der Waals surface area contributed by atoms with Crippen molar-refractivity contribution < 1.29 is 4.79 Å². The average molecular weight is 297 g/mol. The first kappa shape index (κ1) is 12.6. The molecule has 106 valence electrons. The third-order valence-corrected chi connectivity index (χ3v) is 4.53. The van der Waals surface area contributed by atoms with Crippen LogP contribution in [0.1, 0.15) is 28.9 Å². The van der Waals surface area contributed by atoms with E-state index in [0.717, 1.165) is 29.7 Å². The fourth-order valence-corrected chi connectivity index (χ4v) is 3.21. The minimum atomic E-state index is 0.129. The van der Waals surface area contributed by atoms with E-state index in [1.54, 1.807) is 11.3 Å². The second-order valence-electron chi connectivity index (χ2n) is 5.35. The van der Waals surface area contributed by atoms with Crippen LogP contribution >= 0.6 is 11.3 Å². The van der Waals surface area contributed by atoms with Crippen molar-refractivity contribution in [2.24, 2.45) is 0 Å². The van der Waals surface area contributed by atoms with Crippen LogP contribution in [0.4, 0.5) is 0 Å². The summed E-state index contributed by atoms with van der Waals surface area (Å²) >= 11 is 1.56. The van der Waals surface area contributed by atoms with Crippen LogP contribution in [0.5, 0.6) is 0 Å². The zero-order chi connectivity index (χ0) is 14.2. The molecule has 4 nitrogen and oxygen atoms in total. The van der Waals surface area contributed by atoms with Gasteiger partial charge in [0.1, 0.15) is 5.65 Å². The lowest BCUT2D eigenvalue weighted by Gasteiger charge is -2.21. The van der Waals surface area contributed by atoms with Gasteiger partial charge in [0.15, 0.2) is 0 Å². The van der Waals surface area contributed by atoms with Crippen LogP contribution in [-0.2, 0) is 6.54 Å². The molecule has 4 rings (SSSR count). The van der Waals surface area contributed by atoms with Gasteiger partial charge in [-0.25, -0.2) is 4.98 Å². The molecule has 1 aliphatic carbocycles. The number of nitrogens with zero attached hydrogens (tertiary/aromatic N) is 3. The van der Waals surface area contributed by atoms with Crippen LogP contribution < -0.4 is 0 Å². The minimum absolute atomic E-state index is 0.129. The number of pyridine rings is 1. The van der Waals surface area contributed by atoms with Crippen molar-refractivity contribution in [3.63, 3.8) is 0 Å². The summed E-state index contributed by atoms with van der Waals surface area (Å²) in [5, 5.41) is 3.87. The lowest BCUT2D eigenvalue weighted by Crippen LogP contribution is -2.32. The van der Waals surface area contributed by atoms with Crippen LogP contribution in [0, 0.1) is 0 Å². The topological polar surface area (TPSA) is 37.6 Å². The van der Waals surface area contributed by atoms with Gasteiger partial charge in [-0.2, -0.15) is 11.3 Å². The Morgan fingerprint density at radius 3 is 3.05 bits per heavy atom. The lowest BCUT2D eigenvalue weighted by molar-refractivity contribution is 0.0728. The summed E-state index contributed by atoms with van der Waals surface area (Å²) < 4.78 is 2.05. The SMILES string of the molecule is O=C(c1ccsc1)N(Cc1cnc2ccccn12)C1CC1. The molecule has 1 aliphatic rings. The zero-order valence-corrected chi connectivity index (χ0v) is 12.3. The highest BCUT2D eigenvalue weighted by molar-refractivity contribution is 7.08. The Balaban J connectivity index is 1.65. The molecule has 0 spiro atoms. The van der Waals surface area contributed by atoms with Crippen LogP contribution in [-0.4, -0.2) is 26.2 Å². The first-order chi connectivity index (χ1) is 10.3. The fraction of sp³-hybridized carbons (Fsp3) is 0.250. The molecule has 0 N–H and O–H groups in total. The summed E-state index contributed by atoms with van der Waals surface area (Å²) in [6.45, 7) is 0.616. The second-order valence-corrected chi connectivity index (χ2v) is 6.13. The van der Waals surface area contributed by atoms with E-state index in [0.29, 0.717) is 12.6 Å². The van der Waals surface area contributed by atoms with Gasteiger partial charge in [0.2, 0.25) is 0 Å². The molecular formula is C16H15N3OS. The maximum atomic E-state index is 12.7. The van der Waals surface area contributed by atoms with Gasteiger partial charge in [-0.05, 0) is 36.4 Å². The number of rotatable bonds is 4. The van der Waals surface area contributed by atoms with E-state index in [9.17, 15) is 4.79 Å². The summed E-state index contributed by atoms with van der Waals surface area (Å²) in [7, 11) is 0. The Hall–Kier alpha value is -2.14. The predicted molar refractivity (Wildman–Crippen MR) is 82.4 cm³/mol. The summed E-state index contributed by atoms with van der Waals surface area (Å²) in [5.74, 6) is 0.129. The summed E-state index contributed by atoms with van der Waals surface area (Å²) in [6, 6.07) is 8.22. The Bertz CT molecular complexity index is 774. The number of imidazole rings is 1. The third-order valence-electron chi connectivity index (χ3n) is 3.84. The molecule has 0 aliphatic heterocycles. The van der Waals surface area contributed by atoms with Crippen molar-refractivity contribution in [3.05, 3.63) is 58.7 Å². The molecule has 1 saturated carbocycles. The summed E-state index contributed by atoms with van der Waals surface area (Å²) in [5.41, 5.74) is 2.77. The molecule has 1 amide bonds. The minimum Gasteiger partial charge on any atom is -0.330 e. The monoisotopic (exact) mass is 297 g/mol. The van der Waals surface area contributed by atoms with Gasteiger partial charge in [0.05, 0.1) is 24.0 Å². The van der Waals surface area contributed by atoms with Crippen LogP contribution in [0.25, 0.3) is 5.65 Å². The van der Waals surface area contributed by atoms with E-state index in [-0.39, 0.29) is 5.91 Å². The highest BCUT2D eigenvalue weighted by atomic mass is 32.1. The quantitative estimate of drug-likeness (QED) is 0.741. The smallest absolute Gasteiger partial charge is 0.255 e. The molecular weight excluding hydrogens is 282 g/mol. The highest BCUT2D eigenvalue weighted by Gasteiger charge is 2.33. The van der Waals surface area contributed by atoms with Crippen LogP contribution in [0.15, 0.2) is 47.4 Å². The number of amides is 1. The summed E-state index contributed by atoms with van der Waals surface area (Å²) in [6.07, 6.45) is 6.07. The van der Waals surface area contributed by atoms with Gasteiger partial charge in [-0.15, -0.1) is 0 Å². The zero-order valence-electron chi connectivity index (χ0n) is 11.5.